The number of hydrogen-bond donors (Lipinski definition) is 1. The molecule has 19 heavy (non-hydrogen) atoms. The highest BCUT2D eigenvalue weighted by Crippen LogP contribution is 2.24. The largest absolute Gasteiger partial charge is 0.301 e. The zero-order valence-electron chi connectivity index (χ0n) is 10.7. The van der Waals surface area contributed by atoms with Gasteiger partial charge in [-0.15, -0.1) is 0 Å². The lowest BCUT2D eigenvalue weighted by Crippen LogP contribution is -2.09. The van der Waals surface area contributed by atoms with E-state index in [0.29, 0.717) is 5.16 Å². The Kier molecular flexibility index (Phi) is 4.76. The van der Waals surface area contributed by atoms with E-state index in [0.717, 1.165) is 33.7 Å². The fraction of sp³-hybridized carbons (Fsp3) is 0.308. The molecule has 0 fully saturated rings. The van der Waals surface area contributed by atoms with E-state index in [4.69, 9.17) is 0 Å². The molecular formula is C13H14BrN3OS. The number of nitrogens with one attached hydrogen (secondary N) is 1. The third kappa shape index (κ3) is 3.91. The molecule has 6 heteroatoms. The summed E-state index contributed by atoms with van der Waals surface area (Å²) < 4.78 is 0.970. The third-order valence-corrected chi connectivity index (χ3v) is 4.14. The van der Waals surface area contributed by atoms with E-state index < -0.39 is 0 Å². The number of aromatic nitrogens is 3. The Morgan fingerprint density at radius 1 is 1.37 bits per heavy atom. The van der Waals surface area contributed by atoms with Crippen molar-refractivity contribution in [1.82, 2.24) is 15.0 Å². The first-order valence-corrected chi connectivity index (χ1v) is 7.60. The van der Waals surface area contributed by atoms with E-state index in [1.165, 1.54) is 11.8 Å². The maximum Gasteiger partial charge on any atom is 0.251 e. The van der Waals surface area contributed by atoms with Gasteiger partial charge in [0.25, 0.3) is 5.56 Å². The molecule has 2 aromatic heterocycles. The predicted molar refractivity (Wildman–Crippen MR) is 79.6 cm³/mol. The van der Waals surface area contributed by atoms with E-state index in [-0.39, 0.29) is 5.56 Å². The molecule has 2 rings (SSSR count). The second-order valence-electron chi connectivity index (χ2n) is 4.11. The lowest BCUT2D eigenvalue weighted by Gasteiger charge is -2.04. The molecule has 0 aromatic carbocycles. The van der Waals surface area contributed by atoms with Crippen molar-refractivity contribution in [2.75, 3.05) is 0 Å². The molecule has 100 valence electrons. The van der Waals surface area contributed by atoms with Crippen LogP contribution in [0.5, 0.6) is 0 Å². The van der Waals surface area contributed by atoms with Crippen LogP contribution in [0, 0.1) is 6.92 Å². The van der Waals surface area contributed by atoms with E-state index >= 15 is 0 Å². The Morgan fingerprint density at radius 2 is 2.16 bits per heavy atom. The lowest BCUT2D eigenvalue weighted by molar-refractivity contribution is 0.814. The molecule has 2 aromatic rings. The summed E-state index contributed by atoms with van der Waals surface area (Å²) in [4.78, 5) is 23.1. The summed E-state index contributed by atoms with van der Waals surface area (Å²) in [6.45, 7) is 3.99. The average Bonchev–Trinajstić information content (AvgIpc) is 2.33. The smallest absolute Gasteiger partial charge is 0.251 e. The second-order valence-corrected chi connectivity index (χ2v) is 5.97. The van der Waals surface area contributed by atoms with Crippen molar-refractivity contribution >= 4 is 27.7 Å². The van der Waals surface area contributed by atoms with Crippen LogP contribution in [0.1, 0.15) is 24.7 Å². The van der Waals surface area contributed by atoms with Crippen molar-refractivity contribution in [3.05, 3.63) is 44.4 Å². The summed E-state index contributed by atoms with van der Waals surface area (Å²) in [6, 6.07) is 5.39. The molecule has 0 bridgehead atoms. The topological polar surface area (TPSA) is 58.6 Å². The molecule has 2 heterocycles. The molecule has 0 aliphatic carbocycles. The Morgan fingerprint density at radius 3 is 2.84 bits per heavy atom. The molecule has 0 spiro atoms. The molecule has 0 saturated carbocycles. The van der Waals surface area contributed by atoms with Gasteiger partial charge in [-0.3, -0.25) is 4.79 Å². The van der Waals surface area contributed by atoms with Gasteiger partial charge in [-0.05, 0) is 53.2 Å². The van der Waals surface area contributed by atoms with Crippen LogP contribution in [0.2, 0.25) is 0 Å². The Balaban J connectivity index is 2.27. The number of hydrogen-bond acceptors (Lipinski definition) is 4. The molecule has 1 N–H and O–H groups in total. The fourth-order valence-corrected chi connectivity index (χ4v) is 2.65. The van der Waals surface area contributed by atoms with Crippen LogP contribution < -0.4 is 5.56 Å². The molecule has 0 unspecified atom stereocenters. The fourth-order valence-electron chi connectivity index (χ4n) is 1.59. The van der Waals surface area contributed by atoms with Crippen LogP contribution >= 0.6 is 27.7 Å². The summed E-state index contributed by atoms with van der Waals surface area (Å²) in [7, 11) is 0. The van der Waals surface area contributed by atoms with E-state index in [1.54, 1.807) is 6.07 Å². The first kappa shape index (κ1) is 14.3. The van der Waals surface area contributed by atoms with E-state index in [9.17, 15) is 4.79 Å². The van der Waals surface area contributed by atoms with Crippen LogP contribution in [0.25, 0.3) is 0 Å². The molecular weight excluding hydrogens is 326 g/mol. The van der Waals surface area contributed by atoms with Crippen LogP contribution in [0.4, 0.5) is 0 Å². The SMILES string of the molecule is CCCc1cc(=O)[nH]c(Sc2ccc(Br)c(C)n2)n1. The van der Waals surface area contributed by atoms with Gasteiger partial charge in [0.15, 0.2) is 5.16 Å². The number of pyridine rings is 1. The van der Waals surface area contributed by atoms with Crippen LogP contribution in [0.15, 0.2) is 37.6 Å². The van der Waals surface area contributed by atoms with Gasteiger partial charge in [-0.25, -0.2) is 9.97 Å². The van der Waals surface area contributed by atoms with Gasteiger partial charge >= 0.3 is 0 Å². The molecule has 0 aliphatic rings. The summed E-state index contributed by atoms with van der Waals surface area (Å²) >= 11 is 4.78. The van der Waals surface area contributed by atoms with Gasteiger partial charge in [0.05, 0.1) is 5.69 Å². The number of halogens is 1. The number of rotatable bonds is 4. The molecule has 0 atom stereocenters. The molecule has 0 saturated heterocycles. The minimum absolute atomic E-state index is 0.116. The average molecular weight is 340 g/mol. The first-order chi connectivity index (χ1) is 9.08. The Bertz CT molecular complexity index is 642. The maximum absolute atomic E-state index is 11.6. The van der Waals surface area contributed by atoms with Crippen molar-refractivity contribution in [2.45, 2.75) is 36.9 Å². The molecule has 0 aliphatic heterocycles. The van der Waals surface area contributed by atoms with Crippen molar-refractivity contribution in [1.29, 1.82) is 0 Å². The summed E-state index contributed by atoms with van der Waals surface area (Å²) in [5.74, 6) is 0. The van der Waals surface area contributed by atoms with E-state index in [2.05, 4.69) is 37.8 Å². The number of aryl methyl sites for hydroxylation is 2. The highest BCUT2D eigenvalue weighted by molar-refractivity contribution is 9.10. The summed E-state index contributed by atoms with van der Waals surface area (Å²) in [5, 5.41) is 1.41. The third-order valence-electron chi connectivity index (χ3n) is 2.48. The highest BCUT2D eigenvalue weighted by Gasteiger charge is 2.06. The zero-order chi connectivity index (χ0) is 13.8. The number of nitrogens with zero attached hydrogens (tertiary/aromatic N) is 2. The molecule has 0 amide bonds. The van der Waals surface area contributed by atoms with Crippen molar-refractivity contribution in [2.24, 2.45) is 0 Å². The summed E-state index contributed by atoms with van der Waals surface area (Å²) in [6.07, 6.45) is 1.78. The molecule has 0 radical (unpaired) electrons. The van der Waals surface area contributed by atoms with Gasteiger partial charge in [0.1, 0.15) is 5.03 Å². The number of H-pyrrole nitrogens is 1. The van der Waals surface area contributed by atoms with Crippen LogP contribution in [-0.2, 0) is 6.42 Å². The van der Waals surface area contributed by atoms with Crippen molar-refractivity contribution in [3.63, 3.8) is 0 Å². The van der Waals surface area contributed by atoms with Crippen LogP contribution in [-0.4, -0.2) is 15.0 Å². The summed E-state index contributed by atoms with van der Waals surface area (Å²) in [5.41, 5.74) is 1.62. The second kappa shape index (κ2) is 6.34. The lowest BCUT2D eigenvalue weighted by atomic mass is 10.2. The van der Waals surface area contributed by atoms with Gasteiger partial charge < -0.3 is 4.98 Å². The first-order valence-electron chi connectivity index (χ1n) is 5.99. The Labute approximate surface area is 124 Å². The predicted octanol–water partition coefficient (Wildman–Crippen LogP) is 3.34. The van der Waals surface area contributed by atoms with Gasteiger partial charge in [0, 0.05) is 16.2 Å². The standard InChI is InChI=1S/C13H14BrN3OS/c1-3-4-9-7-11(18)17-13(16-9)19-12-6-5-10(14)8(2)15-12/h5-7H,3-4H2,1-2H3,(H,16,17,18). The highest BCUT2D eigenvalue weighted by atomic mass is 79.9. The minimum atomic E-state index is -0.116. The monoisotopic (exact) mass is 339 g/mol. The number of aromatic amines is 1. The van der Waals surface area contributed by atoms with Crippen LogP contribution in [0.3, 0.4) is 0 Å². The van der Waals surface area contributed by atoms with Crippen molar-refractivity contribution in [3.8, 4) is 0 Å². The van der Waals surface area contributed by atoms with Gasteiger partial charge in [-0.1, -0.05) is 13.3 Å². The zero-order valence-corrected chi connectivity index (χ0v) is 13.1. The maximum atomic E-state index is 11.6. The normalized spacial score (nSPS) is 10.7. The van der Waals surface area contributed by atoms with Crippen molar-refractivity contribution < 1.29 is 0 Å². The van der Waals surface area contributed by atoms with Gasteiger partial charge in [0.2, 0.25) is 0 Å². The minimum Gasteiger partial charge on any atom is -0.301 e. The van der Waals surface area contributed by atoms with Gasteiger partial charge in [-0.2, -0.15) is 0 Å². The quantitative estimate of drug-likeness (QED) is 0.868. The Hall–Kier alpha value is -1.14. The molecule has 4 nitrogen and oxygen atoms in total. The van der Waals surface area contributed by atoms with E-state index in [1.807, 2.05) is 19.1 Å².